The first-order valence-corrected chi connectivity index (χ1v) is 9.09. The number of nitrogens with zero attached hydrogens (tertiary/aromatic N) is 4. The van der Waals surface area contributed by atoms with Gasteiger partial charge in [-0.2, -0.15) is 0 Å². The van der Waals surface area contributed by atoms with Crippen molar-refractivity contribution in [3.05, 3.63) is 48.3 Å². The third kappa shape index (κ3) is 3.78. The standard InChI is InChI=1S/C19H19F2N5O2/c20-12-2-3-16(15(21)10-12)24-17(27)13-11-14(13)18(28)25-6-8-26(9-7-25)19-22-4-1-5-23-19/h1-5,10,13-14H,6-9,11H2,(H,24,27). The number of carbonyl (C=O) groups excluding carboxylic acids is 2. The zero-order chi connectivity index (χ0) is 19.7. The molecule has 146 valence electrons. The van der Waals surface area contributed by atoms with Crippen LogP contribution >= 0.6 is 0 Å². The van der Waals surface area contributed by atoms with Crippen LogP contribution < -0.4 is 10.2 Å². The van der Waals surface area contributed by atoms with Crippen LogP contribution in [0.25, 0.3) is 0 Å². The van der Waals surface area contributed by atoms with Crippen molar-refractivity contribution in [1.29, 1.82) is 0 Å². The molecular weight excluding hydrogens is 368 g/mol. The van der Waals surface area contributed by atoms with E-state index in [1.54, 1.807) is 23.4 Å². The Morgan fingerprint density at radius 2 is 1.75 bits per heavy atom. The van der Waals surface area contributed by atoms with E-state index in [1.807, 2.05) is 4.90 Å². The predicted octanol–water partition coefficient (Wildman–Crippen LogP) is 1.68. The van der Waals surface area contributed by atoms with Gasteiger partial charge in [0.2, 0.25) is 17.8 Å². The SMILES string of the molecule is O=C(Nc1ccc(F)cc1F)C1CC1C(=O)N1CCN(c2ncccn2)CC1. The lowest BCUT2D eigenvalue weighted by atomic mass is 10.2. The Balaban J connectivity index is 1.29. The topological polar surface area (TPSA) is 78.4 Å². The summed E-state index contributed by atoms with van der Waals surface area (Å²) in [6, 6.07) is 4.71. The molecule has 1 aliphatic heterocycles. The summed E-state index contributed by atoms with van der Waals surface area (Å²) in [6.45, 7) is 2.32. The molecule has 1 N–H and O–H groups in total. The fourth-order valence-corrected chi connectivity index (χ4v) is 3.39. The average molecular weight is 387 g/mol. The molecule has 2 amide bonds. The van der Waals surface area contributed by atoms with Crippen molar-refractivity contribution >= 4 is 23.5 Å². The first kappa shape index (κ1) is 18.3. The molecule has 2 atom stereocenters. The van der Waals surface area contributed by atoms with Crippen molar-refractivity contribution < 1.29 is 18.4 Å². The van der Waals surface area contributed by atoms with E-state index in [1.165, 1.54) is 6.07 Å². The fraction of sp³-hybridized carbons (Fsp3) is 0.368. The van der Waals surface area contributed by atoms with Crippen molar-refractivity contribution in [2.24, 2.45) is 11.8 Å². The van der Waals surface area contributed by atoms with E-state index in [4.69, 9.17) is 0 Å². The van der Waals surface area contributed by atoms with Gasteiger partial charge in [-0.05, 0) is 24.6 Å². The number of benzene rings is 1. The van der Waals surface area contributed by atoms with E-state index in [2.05, 4.69) is 15.3 Å². The number of anilines is 2. The molecule has 1 aromatic heterocycles. The molecule has 2 aliphatic rings. The molecule has 2 unspecified atom stereocenters. The molecule has 2 heterocycles. The lowest BCUT2D eigenvalue weighted by Crippen LogP contribution is -2.50. The Labute approximate surface area is 160 Å². The summed E-state index contributed by atoms with van der Waals surface area (Å²) in [4.78, 5) is 37.1. The summed E-state index contributed by atoms with van der Waals surface area (Å²) < 4.78 is 26.6. The Morgan fingerprint density at radius 1 is 1.04 bits per heavy atom. The highest BCUT2D eigenvalue weighted by atomic mass is 19.1. The van der Waals surface area contributed by atoms with Crippen LogP contribution in [0.15, 0.2) is 36.7 Å². The monoisotopic (exact) mass is 387 g/mol. The molecule has 28 heavy (non-hydrogen) atoms. The van der Waals surface area contributed by atoms with Crippen LogP contribution in [0.5, 0.6) is 0 Å². The van der Waals surface area contributed by atoms with Crippen LogP contribution in [-0.2, 0) is 9.59 Å². The van der Waals surface area contributed by atoms with Gasteiger partial charge in [0.15, 0.2) is 0 Å². The molecule has 1 saturated carbocycles. The van der Waals surface area contributed by atoms with Crippen molar-refractivity contribution in [3.63, 3.8) is 0 Å². The van der Waals surface area contributed by atoms with E-state index in [9.17, 15) is 18.4 Å². The second kappa shape index (κ2) is 7.49. The molecule has 1 saturated heterocycles. The van der Waals surface area contributed by atoms with E-state index in [-0.39, 0.29) is 17.5 Å². The van der Waals surface area contributed by atoms with Gasteiger partial charge < -0.3 is 15.1 Å². The first-order valence-electron chi connectivity index (χ1n) is 9.09. The lowest BCUT2D eigenvalue weighted by molar-refractivity contribution is -0.134. The maximum Gasteiger partial charge on any atom is 0.228 e. The molecule has 0 spiro atoms. The van der Waals surface area contributed by atoms with Gasteiger partial charge in [0.05, 0.1) is 17.5 Å². The van der Waals surface area contributed by atoms with Crippen molar-refractivity contribution in [3.8, 4) is 0 Å². The van der Waals surface area contributed by atoms with Crippen LogP contribution in [0.1, 0.15) is 6.42 Å². The number of halogens is 2. The van der Waals surface area contributed by atoms with E-state index < -0.39 is 23.5 Å². The first-order chi connectivity index (χ1) is 13.5. The molecular formula is C19H19F2N5O2. The molecule has 0 radical (unpaired) electrons. The van der Waals surface area contributed by atoms with Crippen molar-refractivity contribution in [2.75, 3.05) is 36.4 Å². The number of hydrogen-bond acceptors (Lipinski definition) is 5. The maximum absolute atomic E-state index is 13.7. The Bertz CT molecular complexity index is 887. The predicted molar refractivity (Wildman–Crippen MR) is 97.4 cm³/mol. The van der Waals surface area contributed by atoms with Crippen LogP contribution in [0.2, 0.25) is 0 Å². The van der Waals surface area contributed by atoms with Gasteiger partial charge in [0, 0.05) is 44.6 Å². The average Bonchev–Trinajstić information content (AvgIpc) is 3.51. The summed E-state index contributed by atoms with van der Waals surface area (Å²) in [5.74, 6) is -2.25. The zero-order valence-electron chi connectivity index (χ0n) is 15.0. The third-order valence-corrected chi connectivity index (χ3v) is 5.06. The molecule has 2 aromatic rings. The summed E-state index contributed by atoms with van der Waals surface area (Å²) in [5, 5.41) is 2.44. The van der Waals surface area contributed by atoms with Gasteiger partial charge in [0.1, 0.15) is 11.6 Å². The van der Waals surface area contributed by atoms with Gasteiger partial charge >= 0.3 is 0 Å². The highest BCUT2D eigenvalue weighted by Crippen LogP contribution is 2.41. The smallest absolute Gasteiger partial charge is 0.228 e. The van der Waals surface area contributed by atoms with Crippen molar-refractivity contribution in [2.45, 2.75) is 6.42 Å². The number of amides is 2. The van der Waals surface area contributed by atoms with Crippen LogP contribution in [0.3, 0.4) is 0 Å². The van der Waals surface area contributed by atoms with Crippen LogP contribution in [0.4, 0.5) is 20.4 Å². The lowest BCUT2D eigenvalue weighted by Gasteiger charge is -2.34. The number of nitrogens with one attached hydrogen (secondary N) is 1. The number of carbonyl (C=O) groups is 2. The van der Waals surface area contributed by atoms with Crippen LogP contribution in [-0.4, -0.2) is 52.9 Å². The largest absolute Gasteiger partial charge is 0.339 e. The summed E-state index contributed by atoms with van der Waals surface area (Å²) in [7, 11) is 0. The van der Waals surface area contributed by atoms with E-state index in [0.717, 1.165) is 6.07 Å². The normalized spacial score (nSPS) is 21.4. The van der Waals surface area contributed by atoms with Gasteiger partial charge in [-0.25, -0.2) is 18.7 Å². The molecule has 1 aliphatic carbocycles. The fourth-order valence-electron chi connectivity index (χ4n) is 3.39. The van der Waals surface area contributed by atoms with Gasteiger partial charge in [-0.15, -0.1) is 0 Å². The third-order valence-electron chi connectivity index (χ3n) is 5.06. The minimum Gasteiger partial charge on any atom is -0.339 e. The number of rotatable bonds is 4. The Hall–Kier alpha value is -3.10. The van der Waals surface area contributed by atoms with Crippen LogP contribution in [0, 0.1) is 23.5 Å². The highest BCUT2D eigenvalue weighted by molar-refractivity contribution is 5.99. The molecule has 2 fully saturated rings. The van der Waals surface area contributed by atoms with E-state index >= 15 is 0 Å². The van der Waals surface area contributed by atoms with Gasteiger partial charge in [-0.3, -0.25) is 9.59 Å². The molecule has 0 bridgehead atoms. The Morgan fingerprint density at radius 3 is 2.43 bits per heavy atom. The number of hydrogen-bond donors (Lipinski definition) is 1. The number of aromatic nitrogens is 2. The highest BCUT2D eigenvalue weighted by Gasteiger charge is 2.49. The van der Waals surface area contributed by atoms with Gasteiger partial charge in [0.25, 0.3) is 0 Å². The summed E-state index contributed by atoms with van der Waals surface area (Å²) >= 11 is 0. The number of piperazine rings is 1. The minimum absolute atomic E-state index is 0.0617. The molecule has 9 heteroatoms. The zero-order valence-corrected chi connectivity index (χ0v) is 15.0. The van der Waals surface area contributed by atoms with Gasteiger partial charge in [-0.1, -0.05) is 0 Å². The molecule has 1 aromatic carbocycles. The second-order valence-electron chi connectivity index (χ2n) is 6.92. The quantitative estimate of drug-likeness (QED) is 0.864. The summed E-state index contributed by atoms with van der Waals surface area (Å²) in [5.41, 5.74) is -0.0824. The second-order valence-corrected chi connectivity index (χ2v) is 6.92. The minimum atomic E-state index is -0.837. The summed E-state index contributed by atoms with van der Waals surface area (Å²) in [6.07, 6.45) is 3.80. The van der Waals surface area contributed by atoms with Crippen molar-refractivity contribution in [1.82, 2.24) is 14.9 Å². The maximum atomic E-state index is 13.7. The molecule has 7 nitrogen and oxygen atoms in total. The Kier molecular flexibility index (Phi) is 4.89. The van der Waals surface area contributed by atoms with E-state index in [0.29, 0.717) is 44.6 Å². The molecule has 4 rings (SSSR count).